The largest absolute Gasteiger partial charge is 0.356 e. The van der Waals surface area contributed by atoms with Crippen molar-refractivity contribution in [3.63, 3.8) is 0 Å². The molecule has 1 atom stereocenters. The van der Waals surface area contributed by atoms with Crippen molar-refractivity contribution < 1.29 is 4.79 Å². The number of aromatic nitrogens is 5. The van der Waals surface area contributed by atoms with Crippen LogP contribution in [0.3, 0.4) is 0 Å². The summed E-state index contributed by atoms with van der Waals surface area (Å²) in [6.45, 7) is 1.83. The molecule has 1 aliphatic rings. The van der Waals surface area contributed by atoms with Crippen LogP contribution in [0.25, 0.3) is 5.65 Å². The summed E-state index contributed by atoms with van der Waals surface area (Å²) < 4.78 is 1.79. The van der Waals surface area contributed by atoms with Crippen molar-refractivity contribution >= 4 is 17.4 Å². The van der Waals surface area contributed by atoms with Gasteiger partial charge < -0.3 is 10.2 Å². The van der Waals surface area contributed by atoms with Gasteiger partial charge in [-0.3, -0.25) is 4.79 Å². The summed E-state index contributed by atoms with van der Waals surface area (Å²) in [6.07, 6.45) is 8.81. The van der Waals surface area contributed by atoms with E-state index in [0.29, 0.717) is 17.1 Å². The van der Waals surface area contributed by atoms with Crippen molar-refractivity contribution in [2.75, 3.05) is 25.0 Å². The van der Waals surface area contributed by atoms with Crippen LogP contribution in [0.15, 0.2) is 37.1 Å². The molecule has 128 valence electrons. The van der Waals surface area contributed by atoms with Crippen LogP contribution in [-0.4, -0.2) is 50.6 Å². The monoisotopic (exact) mass is 337 g/mol. The second-order valence-electron chi connectivity index (χ2n) is 6.10. The predicted octanol–water partition coefficient (Wildman–Crippen LogP) is 1.26. The highest BCUT2D eigenvalue weighted by Gasteiger charge is 2.25. The van der Waals surface area contributed by atoms with Gasteiger partial charge in [-0.15, -0.1) is 0 Å². The minimum absolute atomic E-state index is 0.175. The van der Waals surface area contributed by atoms with Crippen LogP contribution in [0.1, 0.15) is 34.8 Å². The summed E-state index contributed by atoms with van der Waals surface area (Å²) in [6, 6.07) is 3.92. The molecule has 1 amide bonds. The van der Waals surface area contributed by atoms with Gasteiger partial charge in [-0.05, 0) is 25.0 Å². The number of nitrogens with one attached hydrogen (secondary N) is 1. The van der Waals surface area contributed by atoms with E-state index >= 15 is 0 Å². The molecule has 8 nitrogen and oxygen atoms in total. The molecule has 3 aromatic heterocycles. The van der Waals surface area contributed by atoms with E-state index in [1.807, 2.05) is 12.1 Å². The fourth-order valence-corrected chi connectivity index (χ4v) is 3.41. The number of fused-ring (bicyclic) bond motifs is 1. The number of nitrogens with zero attached hydrogens (tertiary/aromatic N) is 6. The average Bonchev–Trinajstić information content (AvgIpc) is 3.12. The molecule has 1 unspecified atom stereocenters. The Morgan fingerprint density at radius 3 is 3.00 bits per heavy atom. The molecule has 1 aliphatic heterocycles. The van der Waals surface area contributed by atoms with E-state index in [4.69, 9.17) is 0 Å². The maximum atomic E-state index is 12.0. The molecule has 1 fully saturated rings. The van der Waals surface area contributed by atoms with Gasteiger partial charge in [0.25, 0.3) is 5.91 Å². The lowest BCUT2D eigenvalue weighted by Crippen LogP contribution is -2.35. The number of carbonyl (C=O) groups is 1. The third-order valence-electron chi connectivity index (χ3n) is 4.63. The van der Waals surface area contributed by atoms with Crippen LogP contribution >= 0.6 is 0 Å². The predicted molar refractivity (Wildman–Crippen MR) is 92.6 cm³/mol. The van der Waals surface area contributed by atoms with Crippen molar-refractivity contribution in [3.8, 4) is 0 Å². The van der Waals surface area contributed by atoms with Crippen LogP contribution in [0.2, 0.25) is 0 Å². The van der Waals surface area contributed by atoms with Gasteiger partial charge in [-0.2, -0.15) is 5.10 Å². The lowest BCUT2D eigenvalue weighted by Gasteiger charge is -2.33. The van der Waals surface area contributed by atoms with Gasteiger partial charge in [-0.25, -0.2) is 19.5 Å². The second kappa shape index (κ2) is 6.46. The molecule has 25 heavy (non-hydrogen) atoms. The third kappa shape index (κ3) is 2.79. The van der Waals surface area contributed by atoms with Crippen LogP contribution in [0, 0.1) is 0 Å². The Hall–Kier alpha value is -3.03. The topological polar surface area (TPSA) is 88.3 Å². The van der Waals surface area contributed by atoms with E-state index < -0.39 is 0 Å². The number of hydrogen-bond acceptors (Lipinski definition) is 6. The van der Waals surface area contributed by atoms with Gasteiger partial charge in [-0.1, -0.05) is 0 Å². The Bertz CT molecular complexity index is 892. The number of rotatable bonds is 3. The SMILES string of the molecule is CNC(=O)c1cnn2c(C3CCCN(c4ccncn4)C3)ccnc12. The molecule has 1 saturated heterocycles. The Balaban J connectivity index is 1.67. The van der Waals surface area contributed by atoms with Crippen LogP contribution < -0.4 is 10.2 Å². The van der Waals surface area contributed by atoms with Gasteiger partial charge in [0.15, 0.2) is 5.65 Å². The minimum Gasteiger partial charge on any atom is -0.356 e. The summed E-state index contributed by atoms with van der Waals surface area (Å²) in [5.41, 5.74) is 2.16. The Morgan fingerprint density at radius 2 is 2.20 bits per heavy atom. The smallest absolute Gasteiger partial charge is 0.256 e. The Morgan fingerprint density at radius 1 is 1.28 bits per heavy atom. The highest BCUT2D eigenvalue weighted by Crippen LogP contribution is 2.29. The number of amides is 1. The quantitative estimate of drug-likeness (QED) is 0.774. The van der Waals surface area contributed by atoms with Crippen molar-refractivity contribution in [1.82, 2.24) is 29.9 Å². The summed E-state index contributed by atoms with van der Waals surface area (Å²) in [4.78, 5) is 26.9. The summed E-state index contributed by atoms with van der Waals surface area (Å²) in [5.74, 6) is 1.06. The average molecular weight is 337 g/mol. The molecule has 0 aromatic carbocycles. The molecular formula is C17H19N7O. The van der Waals surface area contributed by atoms with Gasteiger partial charge in [0.05, 0.1) is 11.9 Å². The van der Waals surface area contributed by atoms with Crippen LogP contribution in [0.5, 0.6) is 0 Å². The summed E-state index contributed by atoms with van der Waals surface area (Å²) in [7, 11) is 1.61. The Kier molecular flexibility index (Phi) is 4.01. The number of anilines is 1. The first kappa shape index (κ1) is 15.5. The van der Waals surface area contributed by atoms with E-state index in [0.717, 1.165) is 37.4 Å². The van der Waals surface area contributed by atoms with E-state index in [2.05, 4.69) is 30.3 Å². The summed E-state index contributed by atoms with van der Waals surface area (Å²) in [5, 5.41) is 7.04. The van der Waals surface area contributed by atoms with Crippen molar-refractivity contribution in [2.45, 2.75) is 18.8 Å². The van der Waals surface area contributed by atoms with E-state index in [1.165, 1.54) is 0 Å². The third-order valence-corrected chi connectivity index (χ3v) is 4.63. The van der Waals surface area contributed by atoms with Gasteiger partial charge in [0.1, 0.15) is 17.7 Å². The van der Waals surface area contributed by atoms with Gasteiger partial charge in [0.2, 0.25) is 0 Å². The van der Waals surface area contributed by atoms with Crippen molar-refractivity contribution in [3.05, 3.63) is 48.3 Å². The lowest BCUT2D eigenvalue weighted by atomic mass is 9.94. The maximum Gasteiger partial charge on any atom is 0.256 e. The molecule has 0 radical (unpaired) electrons. The summed E-state index contributed by atoms with van der Waals surface area (Å²) >= 11 is 0. The molecule has 1 N–H and O–H groups in total. The molecule has 0 bridgehead atoms. The van der Waals surface area contributed by atoms with Gasteiger partial charge in [0, 0.05) is 38.4 Å². The van der Waals surface area contributed by atoms with Crippen LogP contribution in [-0.2, 0) is 0 Å². The van der Waals surface area contributed by atoms with E-state index in [9.17, 15) is 4.79 Å². The zero-order valence-electron chi connectivity index (χ0n) is 14.0. The number of piperidine rings is 1. The fourth-order valence-electron chi connectivity index (χ4n) is 3.41. The molecule has 0 spiro atoms. The highest BCUT2D eigenvalue weighted by atomic mass is 16.1. The molecule has 8 heteroatoms. The van der Waals surface area contributed by atoms with E-state index in [1.54, 1.807) is 36.5 Å². The standard InChI is InChI=1S/C17H19N7O/c1-18-17(25)13-9-22-24-14(4-7-20-16(13)24)12-3-2-8-23(10-12)15-5-6-19-11-21-15/h4-7,9,11-12H,2-3,8,10H2,1H3,(H,18,25). The number of hydrogen-bond donors (Lipinski definition) is 1. The van der Waals surface area contributed by atoms with Crippen LogP contribution in [0.4, 0.5) is 5.82 Å². The first-order valence-corrected chi connectivity index (χ1v) is 8.33. The van der Waals surface area contributed by atoms with Crippen molar-refractivity contribution in [1.29, 1.82) is 0 Å². The second-order valence-corrected chi connectivity index (χ2v) is 6.10. The minimum atomic E-state index is -0.175. The first-order valence-electron chi connectivity index (χ1n) is 8.33. The molecule has 0 aliphatic carbocycles. The molecule has 4 heterocycles. The van der Waals surface area contributed by atoms with Crippen molar-refractivity contribution in [2.24, 2.45) is 0 Å². The zero-order valence-corrected chi connectivity index (χ0v) is 14.0. The zero-order chi connectivity index (χ0) is 17.2. The van der Waals surface area contributed by atoms with Gasteiger partial charge >= 0.3 is 0 Å². The molecule has 3 aromatic rings. The Labute approximate surface area is 144 Å². The molecular weight excluding hydrogens is 318 g/mol. The number of carbonyl (C=O) groups excluding carboxylic acids is 1. The molecule has 4 rings (SSSR count). The van der Waals surface area contributed by atoms with E-state index in [-0.39, 0.29) is 5.91 Å². The molecule has 0 saturated carbocycles. The normalized spacial score (nSPS) is 17.6. The maximum absolute atomic E-state index is 12.0. The fraction of sp³-hybridized carbons (Fsp3) is 0.353. The lowest BCUT2D eigenvalue weighted by molar-refractivity contribution is 0.0964. The first-order chi connectivity index (χ1) is 12.3. The highest BCUT2D eigenvalue weighted by molar-refractivity contribution is 5.99.